The summed E-state index contributed by atoms with van der Waals surface area (Å²) < 4.78 is 6.66. The van der Waals surface area contributed by atoms with E-state index in [0.717, 1.165) is 28.0 Å². The molecule has 19 heavy (non-hydrogen) atoms. The summed E-state index contributed by atoms with van der Waals surface area (Å²) in [7, 11) is 0. The molecule has 96 valence electrons. The molecule has 0 atom stereocenters. The number of hydrogen-bond donors (Lipinski definition) is 1. The second-order valence-electron chi connectivity index (χ2n) is 3.95. The first kappa shape index (κ1) is 13.5. The van der Waals surface area contributed by atoms with Gasteiger partial charge in [-0.05, 0) is 42.5 Å². The van der Waals surface area contributed by atoms with Gasteiger partial charge < -0.3 is 10.1 Å². The normalized spacial score (nSPS) is 9.68. The average molecular weight is 316 g/mol. The number of terminal acetylenes is 1. The van der Waals surface area contributed by atoms with Gasteiger partial charge in [0, 0.05) is 22.3 Å². The number of anilines is 1. The Labute approximate surface area is 121 Å². The van der Waals surface area contributed by atoms with Gasteiger partial charge in [-0.3, -0.25) is 0 Å². The molecule has 0 saturated carbocycles. The van der Waals surface area contributed by atoms with E-state index in [1.165, 1.54) is 0 Å². The number of hydrogen-bond acceptors (Lipinski definition) is 2. The van der Waals surface area contributed by atoms with E-state index < -0.39 is 0 Å². The lowest BCUT2D eigenvalue weighted by atomic mass is 10.2. The molecular formula is C16H14BrNO. The fourth-order valence-corrected chi connectivity index (χ4v) is 1.88. The van der Waals surface area contributed by atoms with Gasteiger partial charge in [0.25, 0.3) is 0 Å². The summed E-state index contributed by atoms with van der Waals surface area (Å²) in [4.78, 5) is 0. The fraction of sp³-hybridized carbons (Fsp3) is 0.125. The quantitative estimate of drug-likeness (QED) is 0.667. The minimum absolute atomic E-state index is 0.599. The zero-order valence-corrected chi connectivity index (χ0v) is 12.0. The number of halogens is 1. The maximum absolute atomic E-state index is 5.62. The van der Waals surface area contributed by atoms with Crippen LogP contribution in [0.15, 0.2) is 53.0 Å². The Kier molecular flexibility index (Phi) is 4.88. The first-order chi connectivity index (χ1) is 9.28. The van der Waals surface area contributed by atoms with Crippen molar-refractivity contribution in [2.24, 2.45) is 0 Å². The summed E-state index contributed by atoms with van der Waals surface area (Å²) >= 11 is 3.39. The molecule has 0 aliphatic carbocycles. The van der Waals surface area contributed by atoms with E-state index in [2.05, 4.69) is 27.2 Å². The first-order valence-corrected chi connectivity index (χ1v) is 6.76. The molecule has 0 unspecified atom stereocenters. The number of rotatable bonds is 5. The van der Waals surface area contributed by atoms with E-state index in [9.17, 15) is 0 Å². The summed E-state index contributed by atoms with van der Waals surface area (Å²) in [5.74, 6) is 3.48. The van der Waals surface area contributed by atoms with Crippen molar-refractivity contribution in [3.8, 4) is 18.1 Å². The van der Waals surface area contributed by atoms with Gasteiger partial charge in [-0.1, -0.05) is 27.9 Å². The lowest BCUT2D eigenvalue weighted by Gasteiger charge is -2.09. The number of nitrogens with one attached hydrogen (secondary N) is 1. The van der Waals surface area contributed by atoms with Crippen molar-refractivity contribution in [2.45, 2.75) is 0 Å². The van der Waals surface area contributed by atoms with Crippen LogP contribution in [0.2, 0.25) is 0 Å². The van der Waals surface area contributed by atoms with E-state index in [1.54, 1.807) is 0 Å². The molecule has 0 aliphatic heterocycles. The maximum Gasteiger partial charge on any atom is 0.119 e. The fourth-order valence-electron chi connectivity index (χ4n) is 1.61. The lowest BCUT2D eigenvalue weighted by molar-refractivity contribution is 0.333. The van der Waals surface area contributed by atoms with Gasteiger partial charge in [0.15, 0.2) is 0 Å². The highest BCUT2D eigenvalue weighted by Crippen LogP contribution is 2.16. The van der Waals surface area contributed by atoms with Crippen LogP contribution in [0, 0.1) is 12.3 Å². The molecule has 0 aromatic heterocycles. The molecule has 0 aliphatic rings. The van der Waals surface area contributed by atoms with Crippen LogP contribution in [0.4, 0.5) is 5.69 Å². The molecule has 0 fully saturated rings. The van der Waals surface area contributed by atoms with Crippen LogP contribution < -0.4 is 10.1 Å². The van der Waals surface area contributed by atoms with Crippen LogP contribution >= 0.6 is 15.9 Å². The van der Waals surface area contributed by atoms with E-state index in [-0.39, 0.29) is 0 Å². The molecule has 1 N–H and O–H groups in total. The van der Waals surface area contributed by atoms with Crippen molar-refractivity contribution in [2.75, 3.05) is 18.5 Å². The van der Waals surface area contributed by atoms with E-state index in [0.29, 0.717) is 6.61 Å². The zero-order chi connectivity index (χ0) is 13.5. The SMILES string of the molecule is C#Cc1cccc(NCCOc2ccc(Br)cc2)c1. The Hall–Kier alpha value is -1.92. The second kappa shape index (κ2) is 6.86. The highest BCUT2D eigenvalue weighted by molar-refractivity contribution is 9.10. The Bertz CT molecular complexity index is 572. The molecule has 2 aromatic carbocycles. The summed E-state index contributed by atoms with van der Waals surface area (Å²) in [6, 6.07) is 15.6. The Morgan fingerprint density at radius 3 is 2.68 bits per heavy atom. The minimum atomic E-state index is 0.599. The van der Waals surface area contributed by atoms with E-state index >= 15 is 0 Å². The van der Waals surface area contributed by atoms with Crippen LogP contribution in [-0.2, 0) is 0 Å². The summed E-state index contributed by atoms with van der Waals surface area (Å²) in [6.45, 7) is 1.33. The van der Waals surface area contributed by atoms with Gasteiger partial charge in [0.05, 0.1) is 0 Å². The third-order valence-electron chi connectivity index (χ3n) is 2.54. The molecule has 0 heterocycles. The van der Waals surface area contributed by atoms with E-state index in [1.807, 2.05) is 48.5 Å². The van der Waals surface area contributed by atoms with Crippen molar-refractivity contribution in [3.05, 3.63) is 58.6 Å². The summed E-state index contributed by atoms with van der Waals surface area (Å²) in [5.41, 5.74) is 1.88. The highest BCUT2D eigenvalue weighted by Gasteiger charge is 1.95. The van der Waals surface area contributed by atoms with Crippen molar-refractivity contribution in [1.82, 2.24) is 0 Å². The molecule has 2 aromatic rings. The van der Waals surface area contributed by atoms with Crippen molar-refractivity contribution < 1.29 is 4.74 Å². The predicted molar refractivity (Wildman–Crippen MR) is 82.5 cm³/mol. The second-order valence-corrected chi connectivity index (χ2v) is 4.87. The molecule has 0 amide bonds. The monoisotopic (exact) mass is 315 g/mol. The molecule has 0 radical (unpaired) electrons. The standard InChI is InChI=1S/C16H14BrNO/c1-2-13-4-3-5-15(12-13)18-10-11-19-16-8-6-14(17)7-9-16/h1,3-9,12,18H,10-11H2. The largest absolute Gasteiger partial charge is 0.492 e. The highest BCUT2D eigenvalue weighted by atomic mass is 79.9. The Morgan fingerprint density at radius 2 is 1.95 bits per heavy atom. The van der Waals surface area contributed by atoms with E-state index in [4.69, 9.17) is 11.2 Å². The molecule has 2 nitrogen and oxygen atoms in total. The first-order valence-electron chi connectivity index (χ1n) is 5.97. The van der Waals surface area contributed by atoms with Crippen LogP contribution in [0.25, 0.3) is 0 Å². The van der Waals surface area contributed by atoms with Crippen LogP contribution in [0.3, 0.4) is 0 Å². The Morgan fingerprint density at radius 1 is 1.16 bits per heavy atom. The average Bonchev–Trinajstić information content (AvgIpc) is 2.46. The van der Waals surface area contributed by atoms with Crippen LogP contribution in [0.5, 0.6) is 5.75 Å². The van der Waals surface area contributed by atoms with Gasteiger partial charge in [-0.2, -0.15) is 0 Å². The van der Waals surface area contributed by atoms with Crippen LogP contribution in [-0.4, -0.2) is 13.2 Å². The zero-order valence-electron chi connectivity index (χ0n) is 10.4. The van der Waals surface area contributed by atoms with Crippen molar-refractivity contribution in [3.63, 3.8) is 0 Å². The molecule has 3 heteroatoms. The molecule has 2 rings (SSSR count). The van der Waals surface area contributed by atoms with Gasteiger partial charge in [-0.15, -0.1) is 6.42 Å². The number of benzene rings is 2. The summed E-state index contributed by atoms with van der Waals surface area (Å²) in [6.07, 6.45) is 5.36. The van der Waals surface area contributed by atoms with Gasteiger partial charge in [0.2, 0.25) is 0 Å². The van der Waals surface area contributed by atoms with Gasteiger partial charge >= 0.3 is 0 Å². The molecule has 0 saturated heterocycles. The lowest BCUT2D eigenvalue weighted by Crippen LogP contribution is -2.11. The predicted octanol–water partition coefficient (Wildman–Crippen LogP) is 3.92. The molecule has 0 spiro atoms. The van der Waals surface area contributed by atoms with Gasteiger partial charge in [0.1, 0.15) is 12.4 Å². The van der Waals surface area contributed by atoms with Crippen LogP contribution in [0.1, 0.15) is 5.56 Å². The Balaban J connectivity index is 1.77. The maximum atomic E-state index is 5.62. The molecular weight excluding hydrogens is 302 g/mol. The van der Waals surface area contributed by atoms with Gasteiger partial charge in [-0.25, -0.2) is 0 Å². The molecule has 0 bridgehead atoms. The minimum Gasteiger partial charge on any atom is -0.492 e. The topological polar surface area (TPSA) is 21.3 Å². The number of ether oxygens (including phenoxy) is 1. The summed E-state index contributed by atoms with van der Waals surface area (Å²) in [5, 5.41) is 3.27. The smallest absolute Gasteiger partial charge is 0.119 e. The van der Waals surface area contributed by atoms with Crippen molar-refractivity contribution >= 4 is 21.6 Å². The third-order valence-corrected chi connectivity index (χ3v) is 3.07. The van der Waals surface area contributed by atoms with Crippen molar-refractivity contribution in [1.29, 1.82) is 0 Å². The third kappa shape index (κ3) is 4.35.